The highest BCUT2D eigenvalue weighted by Gasteiger charge is 2.26. The van der Waals surface area contributed by atoms with Crippen LogP contribution in [0.5, 0.6) is 11.5 Å². The molecule has 1 aliphatic rings. The summed E-state index contributed by atoms with van der Waals surface area (Å²) in [6, 6.07) is 6.46. The van der Waals surface area contributed by atoms with Gasteiger partial charge in [0.1, 0.15) is 0 Å². The molecule has 0 spiro atoms. The summed E-state index contributed by atoms with van der Waals surface area (Å²) in [6.07, 6.45) is 3.34. The minimum atomic E-state index is -0.451. The molecule has 0 bridgehead atoms. The van der Waals surface area contributed by atoms with Gasteiger partial charge < -0.3 is 24.5 Å². The zero-order chi connectivity index (χ0) is 17.1. The minimum absolute atomic E-state index is 0.151. The molecular weight excluding hydrogens is 312 g/mol. The summed E-state index contributed by atoms with van der Waals surface area (Å²) >= 11 is 0. The molecule has 2 N–H and O–H groups in total. The first-order chi connectivity index (χ1) is 11.6. The molecule has 0 atom stereocenters. The van der Waals surface area contributed by atoms with E-state index in [0.717, 1.165) is 12.8 Å². The number of amides is 2. The summed E-state index contributed by atoms with van der Waals surface area (Å²) in [5.41, 5.74) is 0.631. The van der Waals surface area contributed by atoms with E-state index in [9.17, 15) is 9.59 Å². The van der Waals surface area contributed by atoms with Crippen LogP contribution in [0.25, 0.3) is 0 Å². The maximum absolute atomic E-state index is 12.5. The summed E-state index contributed by atoms with van der Waals surface area (Å²) in [6.45, 7) is 0. The molecule has 7 nitrogen and oxygen atoms in total. The van der Waals surface area contributed by atoms with Gasteiger partial charge in [-0.05, 0) is 31.0 Å². The zero-order valence-electron chi connectivity index (χ0n) is 13.4. The van der Waals surface area contributed by atoms with E-state index in [2.05, 4.69) is 10.6 Å². The van der Waals surface area contributed by atoms with Crippen LogP contribution in [0.1, 0.15) is 33.8 Å². The molecule has 2 aromatic rings. The average Bonchev–Trinajstić information content (AvgIpc) is 3.22. The lowest BCUT2D eigenvalue weighted by atomic mass is 10.1. The fourth-order valence-electron chi connectivity index (χ4n) is 2.25. The van der Waals surface area contributed by atoms with Crippen molar-refractivity contribution < 1.29 is 23.5 Å². The van der Waals surface area contributed by atoms with E-state index in [1.165, 1.54) is 20.5 Å². The van der Waals surface area contributed by atoms with Gasteiger partial charge in [0, 0.05) is 12.1 Å². The Kier molecular flexibility index (Phi) is 4.41. The van der Waals surface area contributed by atoms with Gasteiger partial charge in [-0.25, -0.2) is 0 Å². The molecule has 24 heavy (non-hydrogen) atoms. The van der Waals surface area contributed by atoms with Crippen molar-refractivity contribution in [3.05, 3.63) is 41.9 Å². The molecule has 3 rings (SSSR count). The summed E-state index contributed by atoms with van der Waals surface area (Å²) in [5, 5.41) is 5.58. The van der Waals surface area contributed by atoms with Crippen LogP contribution in [0.3, 0.4) is 0 Å². The Labute approximate surface area is 138 Å². The third-order valence-electron chi connectivity index (χ3n) is 3.67. The van der Waals surface area contributed by atoms with Crippen molar-refractivity contribution in [3.63, 3.8) is 0 Å². The number of furan rings is 1. The highest BCUT2D eigenvalue weighted by Crippen LogP contribution is 2.34. The van der Waals surface area contributed by atoms with E-state index < -0.39 is 5.91 Å². The van der Waals surface area contributed by atoms with E-state index in [1.54, 1.807) is 24.3 Å². The first-order valence-electron chi connectivity index (χ1n) is 7.54. The molecule has 0 aliphatic heterocycles. The van der Waals surface area contributed by atoms with Crippen molar-refractivity contribution in [2.24, 2.45) is 0 Å². The Morgan fingerprint density at radius 2 is 1.83 bits per heavy atom. The van der Waals surface area contributed by atoms with Gasteiger partial charge in [-0.1, -0.05) is 0 Å². The van der Waals surface area contributed by atoms with Gasteiger partial charge >= 0.3 is 0 Å². The molecule has 0 saturated heterocycles. The van der Waals surface area contributed by atoms with E-state index in [-0.39, 0.29) is 17.7 Å². The monoisotopic (exact) mass is 330 g/mol. The van der Waals surface area contributed by atoms with Crippen LogP contribution in [0.15, 0.2) is 34.9 Å². The van der Waals surface area contributed by atoms with Gasteiger partial charge in [0.2, 0.25) is 0 Å². The second-order valence-corrected chi connectivity index (χ2v) is 5.43. The number of hydrogen-bond acceptors (Lipinski definition) is 5. The molecule has 1 aliphatic carbocycles. The minimum Gasteiger partial charge on any atom is -0.493 e. The highest BCUT2D eigenvalue weighted by molar-refractivity contribution is 6.08. The summed E-state index contributed by atoms with van der Waals surface area (Å²) in [7, 11) is 2.97. The summed E-state index contributed by atoms with van der Waals surface area (Å²) in [4.78, 5) is 24.7. The third-order valence-corrected chi connectivity index (χ3v) is 3.67. The van der Waals surface area contributed by atoms with Crippen LogP contribution in [0.2, 0.25) is 0 Å². The second kappa shape index (κ2) is 6.66. The van der Waals surface area contributed by atoms with Crippen molar-refractivity contribution in [1.29, 1.82) is 0 Å². The van der Waals surface area contributed by atoms with Crippen LogP contribution in [0, 0.1) is 0 Å². The maximum Gasteiger partial charge on any atom is 0.291 e. The van der Waals surface area contributed by atoms with Gasteiger partial charge in [0.15, 0.2) is 17.3 Å². The Morgan fingerprint density at radius 1 is 1.12 bits per heavy atom. The number of anilines is 1. The number of methoxy groups -OCH3 is 2. The quantitative estimate of drug-likeness (QED) is 0.849. The smallest absolute Gasteiger partial charge is 0.291 e. The van der Waals surface area contributed by atoms with Crippen LogP contribution in [-0.2, 0) is 0 Å². The molecule has 1 aromatic carbocycles. The summed E-state index contributed by atoms with van der Waals surface area (Å²) < 4.78 is 15.6. The molecular formula is C17H18N2O5. The normalized spacial score (nSPS) is 13.2. The molecule has 1 saturated carbocycles. The first kappa shape index (κ1) is 15.9. The first-order valence-corrected chi connectivity index (χ1v) is 7.54. The number of carbonyl (C=O) groups is 2. The Hall–Kier alpha value is -2.96. The SMILES string of the molecule is COc1cc(NC(=O)c2ccco2)c(C(=O)NC2CC2)cc1OC. The molecule has 7 heteroatoms. The summed E-state index contributed by atoms with van der Waals surface area (Å²) in [5.74, 6) is 0.254. The second-order valence-electron chi connectivity index (χ2n) is 5.43. The maximum atomic E-state index is 12.5. The van der Waals surface area contributed by atoms with Crippen molar-refractivity contribution in [3.8, 4) is 11.5 Å². The lowest BCUT2D eigenvalue weighted by Crippen LogP contribution is -2.27. The molecule has 1 fully saturated rings. The Morgan fingerprint density at radius 3 is 2.42 bits per heavy atom. The topological polar surface area (TPSA) is 89.8 Å². The zero-order valence-corrected chi connectivity index (χ0v) is 13.4. The van der Waals surface area contributed by atoms with E-state index in [1.807, 2.05) is 0 Å². The van der Waals surface area contributed by atoms with Gasteiger partial charge in [0.25, 0.3) is 11.8 Å². The molecule has 1 aromatic heterocycles. The molecule has 0 unspecified atom stereocenters. The largest absolute Gasteiger partial charge is 0.493 e. The van der Waals surface area contributed by atoms with Crippen molar-refractivity contribution in [2.75, 3.05) is 19.5 Å². The predicted octanol–water partition coefficient (Wildman–Crippen LogP) is 2.44. The molecule has 0 radical (unpaired) electrons. The van der Waals surface area contributed by atoms with Crippen molar-refractivity contribution in [1.82, 2.24) is 5.32 Å². The highest BCUT2D eigenvalue weighted by atomic mass is 16.5. The van der Waals surface area contributed by atoms with Crippen LogP contribution >= 0.6 is 0 Å². The number of carbonyl (C=O) groups excluding carboxylic acids is 2. The lowest BCUT2D eigenvalue weighted by Gasteiger charge is -2.15. The Balaban J connectivity index is 1.94. The number of rotatable bonds is 6. The van der Waals surface area contributed by atoms with Crippen molar-refractivity contribution in [2.45, 2.75) is 18.9 Å². The van der Waals surface area contributed by atoms with Gasteiger partial charge in [-0.3, -0.25) is 9.59 Å². The average molecular weight is 330 g/mol. The van der Waals surface area contributed by atoms with Gasteiger partial charge in [-0.15, -0.1) is 0 Å². The standard InChI is InChI=1S/C17H18N2O5/c1-22-14-8-11(16(20)18-10-5-6-10)12(9-15(14)23-2)19-17(21)13-4-3-7-24-13/h3-4,7-10H,5-6H2,1-2H3,(H,18,20)(H,19,21). The molecule has 2 amide bonds. The van der Waals surface area contributed by atoms with E-state index in [0.29, 0.717) is 22.7 Å². The Bertz CT molecular complexity index is 751. The number of hydrogen-bond donors (Lipinski definition) is 2. The fraction of sp³-hybridized carbons (Fsp3) is 0.294. The number of nitrogens with one attached hydrogen (secondary N) is 2. The fourth-order valence-corrected chi connectivity index (χ4v) is 2.25. The van der Waals surface area contributed by atoms with E-state index in [4.69, 9.17) is 13.9 Å². The van der Waals surface area contributed by atoms with Crippen LogP contribution < -0.4 is 20.1 Å². The number of ether oxygens (including phenoxy) is 2. The number of benzene rings is 1. The van der Waals surface area contributed by atoms with Crippen LogP contribution in [-0.4, -0.2) is 32.1 Å². The third kappa shape index (κ3) is 3.34. The van der Waals surface area contributed by atoms with Gasteiger partial charge in [0.05, 0.1) is 31.7 Å². The molecule has 1 heterocycles. The van der Waals surface area contributed by atoms with E-state index >= 15 is 0 Å². The van der Waals surface area contributed by atoms with Crippen LogP contribution in [0.4, 0.5) is 5.69 Å². The molecule has 126 valence electrons. The lowest BCUT2D eigenvalue weighted by molar-refractivity contribution is 0.0951. The predicted molar refractivity (Wildman–Crippen MR) is 86.7 cm³/mol. The van der Waals surface area contributed by atoms with Gasteiger partial charge in [-0.2, -0.15) is 0 Å². The van der Waals surface area contributed by atoms with Crippen molar-refractivity contribution >= 4 is 17.5 Å².